The van der Waals surface area contributed by atoms with Crippen LogP contribution < -0.4 is 21.1 Å². The van der Waals surface area contributed by atoms with Crippen LogP contribution >= 0.6 is 11.8 Å². The number of thioether (sulfide) groups is 1. The minimum absolute atomic E-state index is 0.0813. The molecule has 0 fully saturated rings. The fourth-order valence-corrected chi connectivity index (χ4v) is 5.39. The molecule has 4 N–H and O–H groups in total. The van der Waals surface area contributed by atoms with Crippen molar-refractivity contribution in [2.75, 3.05) is 19.0 Å². The molecular weight excluding hydrogens is 469 g/mol. The van der Waals surface area contributed by atoms with Gasteiger partial charge in [0.05, 0.1) is 17.3 Å². The number of carbonyl (C=O) groups excluding carboxylic acids is 1. The standard InChI is InChI=1S/C24H24FN7O2S/c1-5-10-34-18-12-29-19-17(31-18)8-9-28-20(19)30-14-6-7-16(25)15(11-14)23(2)13-24(3,21(33)27-4)35-22(26)32-23/h1,6-9,11-12H,10,13H2,2-4H3,(H2,26,32)(H,27,33)(H,28,30)/t23-,24+/m0/s1. The Labute approximate surface area is 206 Å². The first-order valence-electron chi connectivity index (χ1n) is 10.7. The second-order valence-electron chi connectivity index (χ2n) is 8.36. The normalized spacial score (nSPS) is 21.6. The van der Waals surface area contributed by atoms with Gasteiger partial charge < -0.3 is 21.1 Å². The predicted octanol–water partition coefficient (Wildman–Crippen LogP) is 3.09. The number of fused-ring (bicyclic) bond motifs is 1. The molecule has 0 unspecified atom stereocenters. The molecule has 0 bridgehead atoms. The van der Waals surface area contributed by atoms with Gasteiger partial charge in [-0.2, -0.15) is 0 Å². The van der Waals surface area contributed by atoms with E-state index < -0.39 is 16.1 Å². The number of nitrogens with one attached hydrogen (secondary N) is 2. The molecule has 9 nitrogen and oxygen atoms in total. The first-order chi connectivity index (χ1) is 16.7. The lowest BCUT2D eigenvalue weighted by molar-refractivity contribution is -0.123. The number of hydrogen-bond acceptors (Lipinski definition) is 9. The maximum atomic E-state index is 15.1. The van der Waals surface area contributed by atoms with Crippen molar-refractivity contribution >= 4 is 45.4 Å². The number of nitrogens with two attached hydrogens (primary N) is 1. The molecule has 0 radical (unpaired) electrons. The van der Waals surface area contributed by atoms with Gasteiger partial charge in [-0.05, 0) is 38.1 Å². The highest BCUT2D eigenvalue weighted by Crippen LogP contribution is 2.46. The number of rotatable bonds is 6. The Morgan fingerprint density at radius 3 is 2.89 bits per heavy atom. The van der Waals surface area contributed by atoms with Crippen molar-refractivity contribution < 1.29 is 13.9 Å². The molecule has 3 heterocycles. The van der Waals surface area contributed by atoms with E-state index in [1.807, 2.05) is 0 Å². The van der Waals surface area contributed by atoms with Crippen LogP contribution in [0.1, 0.15) is 25.8 Å². The van der Waals surface area contributed by atoms with E-state index in [9.17, 15) is 4.79 Å². The molecule has 2 atom stereocenters. The molecular formula is C24H24FN7O2S. The summed E-state index contributed by atoms with van der Waals surface area (Å²) in [5, 5.41) is 6.06. The summed E-state index contributed by atoms with van der Waals surface area (Å²) in [4.78, 5) is 30.2. The highest BCUT2D eigenvalue weighted by Gasteiger charge is 2.47. The largest absolute Gasteiger partial charge is 0.463 e. The van der Waals surface area contributed by atoms with Gasteiger partial charge in [-0.25, -0.2) is 19.3 Å². The van der Waals surface area contributed by atoms with Crippen LogP contribution in [0.25, 0.3) is 11.0 Å². The van der Waals surface area contributed by atoms with Gasteiger partial charge in [0.25, 0.3) is 0 Å². The Morgan fingerprint density at radius 2 is 2.14 bits per heavy atom. The minimum Gasteiger partial charge on any atom is -0.463 e. The fourth-order valence-electron chi connectivity index (χ4n) is 4.13. The second-order valence-corrected chi connectivity index (χ2v) is 9.88. The molecule has 180 valence electrons. The zero-order valence-corrected chi connectivity index (χ0v) is 20.2. The Hall–Kier alpha value is -3.91. The van der Waals surface area contributed by atoms with Crippen molar-refractivity contribution in [2.45, 2.75) is 30.6 Å². The number of terminal acetylenes is 1. The SMILES string of the molecule is C#CCOc1cnc2c(Nc3ccc(F)c([C@]4(C)C[C@](C)(C(=O)NC)SC(N)=N4)c3)nccc2n1. The third-order valence-electron chi connectivity index (χ3n) is 5.63. The zero-order chi connectivity index (χ0) is 25.2. The molecule has 4 rings (SSSR count). The number of hydrogen-bond donors (Lipinski definition) is 3. The monoisotopic (exact) mass is 493 g/mol. The van der Waals surface area contributed by atoms with E-state index in [0.29, 0.717) is 34.0 Å². The van der Waals surface area contributed by atoms with Crippen molar-refractivity contribution in [2.24, 2.45) is 10.7 Å². The Kier molecular flexibility index (Phi) is 6.49. The van der Waals surface area contributed by atoms with Crippen LogP contribution in [0.5, 0.6) is 5.88 Å². The number of carbonyl (C=O) groups is 1. The lowest BCUT2D eigenvalue weighted by atomic mass is 9.82. The van der Waals surface area contributed by atoms with Crippen LogP contribution in [0.2, 0.25) is 0 Å². The zero-order valence-electron chi connectivity index (χ0n) is 19.4. The Bertz CT molecular complexity index is 1380. The van der Waals surface area contributed by atoms with Crippen molar-refractivity contribution in [3.8, 4) is 18.2 Å². The topological polar surface area (TPSA) is 127 Å². The highest BCUT2D eigenvalue weighted by molar-refractivity contribution is 8.15. The van der Waals surface area contributed by atoms with Crippen LogP contribution in [-0.2, 0) is 10.3 Å². The molecule has 1 aromatic carbocycles. The van der Waals surface area contributed by atoms with Crippen molar-refractivity contribution in [3.05, 3.63) is 48.0 Å². The number of anilines is 2. The molecule has 0 saturated carbocycles. The van der Waals surface area contributed by atoms with Crippen LogP contribution in [0.4, 0.5) is 15.9 Å². The smallest absolute Gasteiger partial charge is 0.236 e. The van der Waals surface area contributed by atoms with Crippen molar-refractivity contribution in [1.29, 1.82) is 0 Å². The average molecular weight is 494 g/mol. The number of ether oxygens (including phenoxy) is 1. The lowest BCUT2D eigenvalue weighted by Gasteiger charge is -2.40. The molecule has 2 aromatic heterocycles. The maximum absolute atomic E-state index is 15.1. The van der Waals surface area contributed by atoms with Crippen LogP contribution in [-0.4, -0.2) is 44.4 Å². The van der Waals surface area contributed by atoms with Gasteiger partial charge in [0.1, 0.15) is 16.1 Å². The van der Waals surface area contributed by atoms with Crippen LogP contribution in [0.3, 0.4) is 0 Å². The van der Waals surface area contributed by atoms with Crippen molar-refractivity contribution in [3.63, 3.8) is 0 Å². The highest BCUT2D eigenvalue weighted by atomic mass is 32.2. The summed E-state index contributed by atoms with van der Waals surface area (Å²) >= 11 is 1.17. The Morgan fingerprint density at radius 1 is 1.34 bits per heavy atom. The molecule has 0 spiro atoms. The van der Waals surface area contributed by atoms with E-state index in [1.165, 1.54) is 24.0 Å². The van der Waals surface area contributed by atoms with E-state index in [-0.39, 0.29) is 24.1 Å². The fraction of sp³-hybridized carbons (Fsp3) is 0.292. The van der Waals surface area contributed by atoms with E-state index in [1.54, 1.807) is 45.3 Å². The lowest BCUT2D eigenvalue weighted by Crippen LogP contribution is -2.49. The number of nitrogens with zero attached hydrogens (tertiary/aromatic N) is 4. The van der Waals surface area contributed by atoms with Gasteiger partial charge in [-0.15, -0.1) is 6.42 Å². The van der Waals surface area contributed by atoms with Crippen LogP contribution in [0.15, 0.2) is 41.7 Å². The molecule has 1 amide bonds. The summed E-state index contributed by atoms with van der Waals surface area (Å²) in [6.45, 7) is 3.62. The average Bonchev–Trinajstić information content (AvgIpc) is 2.82. The number of benzene rings is 1. The molecule has 1 aliphatic rings. The summed E-state index contributed by atoms with van der Waals surface area (Å²) in [5.74, 6) is 2.45. The van der Waals surface area contributed by atoms with Gasteiger partial charge in [-0.1, -0.05) is 17.7 Å². The van der Waals surface area contributed by atoms with Crippen molar-refractivity contribution in [1.82, 2.24) is 20.3 Å². The van der Waals surface area contributed by atoms with Gasteiger partial charge in [0.15, 0.2) is 17.6 Å². The van der Waals surface area contributed by atoms with Gasteiger partial charge in [0, 0.05) is 30.9 Å². The first kappa shape index (κ1) is 24.2. The molecule has 11 heteroatoms. The molecule has 0 saturated heterocycles. The number of aromatic nitrogens is 3. The van der Waals surface area contributed by atoms with Gasteiger partial charge >= 0.3 is 0 Å². The van der Waals surface area contributed by atoms with E-state index in [2.05, 4.69) is 36.5 Å². The van der Waals surface area contributed by atoms with Gasteiger partial charge in [-0.3, -0.25) is 9.79 Å². The van der Waals surface area contributed by atoms with E-state index in [0.717, 1.165) is 0 Å². The quantitative estimate of drug-likeness (QED) is 0.447. The van der Waals surface area contributed by atoms with Gasteiger partial charge in [0.2, 0.25) is 11.8 Å². The summed E-state index contributed by atoms with van der Waals surface area (Å²) in [6, 6.07) is 6.27. The summed E-state index contributed by atoms with van der Waals surface area (Å²) < 4.78 is 19.5. The van der Waals surface area contributed by atoms with E-state index >= 15 is 4.39 Å². The van der Waals surface area contributed by atoms with Crippen LogP contribution in [0, 0.1) is 18.2 Å². The third kappa shape index (κ3) is 4.83. The molecule has 3 aromatic rings. The number of pyridine rings is 1. The number of amides is 1. The molecule has 1 aliphatic heterocycles. The third-order valence-corrected chi connectivity index (χ3v) is 6.71. The number of halogens is 1. The summed E-state index contributed by atoms with van der Waals surface area (Å²) in [7, 11) is 1.56. The summed E-state index contributed by atoms with van der Waals surface area (Å²) in [6.07, 6.45) is 8.51. The molecule has 0 aliphatic carbocycles. The molecule has 35 heavy (non-hydrogen) atoms. The second kappa shape index (κ2) is 9.38. The first-order valence-corrected chi connectivity index (χ1v) is 11.5. The number of aliphatic imine (C=N–C) groups is 1. The number of amidine groups is 1. The maximum Gasteiger partial charge on any atom is 0.236 e. The Balaban J connectivity index is 1.69. The predicted molar refractivity (Wildman–Crippen MR) is 135 cm³/mol. The summed E-state index contributed by atoms with van der Waals surface area (Å²) in [5.41, 5.74) is 6.93. The van der Waals surface area contributed by atoms with E-state index in [4.69, 9.17) is 16.9 Å². The minimum atomic E-state index is -1.06.